The first-order valence-electron chi connectivity index (χ1n) is 16.1. The van der Waals surface area contributed by atoms with Crippen LogP contribution in [0.2, 0.25) is 0 Å². The summed E-state index contributed by atoms with van der Waals surface area (Å²) in [6, 6.07) is 15.7. The second-order valence-corrected chi connectivity index (χ2v) is 15.1. The van der Waals surface area contributed by atoms with Crippen molar-refractivity contribution in [1.82, 2.24) is 19.9 Å². The van der Waals surface area contributed by atoms with E-state index in [1.165, 1.54) is 11.0 Å². The van der Waals surface area contributed by atoms with E-state index in [1.54, 1.807) is 33.1 Å². The van der Waals surface area contributed by atoms with E-state index >= 15 is 0 Å². The van der Waals surface area contributed by atoms with Crippen molar-refractivity contribution in [2.75, 3.05) is 13.7 Å². The summed E-state index contributed by atoms with van der Waals surface area (Å²) in [6.45, 7) is 7.13. The fourth-order valence-electron chi connectivity index (χ4n) is 6.19. The zero-order valence-corrected chi connectivity index (χ0v) is 27.9. The lowest BCUT2D eigenvalue weighted by molar-refractivity contribution is -0.147. The molecule has 3 N–H and O–H groups in total. The molecule has 0 unspecified atom stereocenters. The third kappa shape index (κ3) is 6.48. The van der Waals surface area contributed by atoms with Crippen molar-refractivity contribution in [2.24, 2.45) is 11.8 Å². The molecule has 2 aliphatic carbocycles. The number of rotatable bonds is 12. The predicted molar refractivity (Wildman–Crippen MR) is 178 cm³/mol. The van der Waals surface area contributed by atoms with Crippen LogP contribution in [0.3, 0.4) is 0 Å². The lowest BCUT2D eigenvalue weighted by Crippen LogP contribution is -2.57. The third-order valence-corrected chi connectivity index (χ3v) is 11.1. The van der Waals surface area contributed by atoms with Crippen molar-refractivity contribution in [3.8, 4) is 22.8 Å². The molecule has 2 aromatic carbocycles. The van der Waals surface area contributed by atoms with Gasteiger partial charge in [-0.1, -0.05) is 50.3 Å². The van der Waals surface area contributed by atoms with Crippen LogP contribution >= 0.6 is 0 Å². The summed E-state index contributed by atoms with van der Waals surface area (Å²) in [5, 5.41) is 13.6. The molecule has 3 aliphatic rings. The Bertz CT molecular complexity index is 1860. The maximum atomic E-state index is 14.0. The molecule has 0 radical (unpaired) electrons. The number of nitrogens with zero attached hydrogens (tertiary/aromatic N) is 2. The van der Waals surface area contributed by atoms with Crippen LogP contribution in [0.15, 0.2) is 67.3 Å². The van der Waals surface area contributed by atoms with Crippen molar-refractivity contribution < 1.29 is 37.4 Å². The number of carbonyl (C=O) groups excluding carboxylic acids is 3. The molecule has 0 bridgehead atoms. The van der Waals surface area contributed by atoms with Crippen LogP contribution in [-0.2, 0) is 24.4 Å². The topological polar surface area (TPSA) is 164 Å². The van der Waals surface area contributed by atoms with E-state index in [2.05, 4.69) is 16.6 Å². The predicted octanol–water partition coefficient (Wildman–Crippen LogP) is 2.94. The first-order chi connectivity index (χ1) is 22.9. The van der Waals surface area contributed by atoms with E-state index in [1.807, 2.05) is 42.5 Å². The summed E-state index contributed by atoms with van der Waals surface area (Å²) < 4.78 is 39.3. The molecule has 3 aromatic rings. The number of hydrogen-bond donors (Lipinski definition) is 3. The molecule has 1 aliphatic heterocycles. The van der Waals surface area contributed by atoms with Crippen LogP contribution in [0.5, 0.6) is 11.5 Å². The Morgan fingerprint density at radius 2 is 1.85 bits per heavy atom. The van der Waals surface area contributed by atoms with E-state index in [0.717, 1.165) is 5.56 Å². The summed E-state index contributed by atoms with van der Waals surface area (Å²) in [5.74, 6) is -1.94. The van der Waals surface area contributed by atoms with Gasteiger partial charge in [0.15, 0.2) is 0 Å². The van der Waals surface area contributed by atoms with Gasteiger partial charge in [0, 0.05) is 35.4 Å². The van der Waals surface area contributed by atoms with Gasteiger partial charge in [0.25, 0.3) is 11.8 Å². The van der Waals surface area contributed by atoms with Crippen molar-refractivity contribution in [1.29, 1.82) is 0 Å². The second-order valence-electron chi connectivity index (χ2n) is 13.1. The van der Waals surface area contributed by atoms with E-state index in [-0.39, 0.29) is 19.4 Å². The number of pyridine rings is 1. The van der Waals surface area contributed by atoms with Gasteiger partial charge >= 0.3 is 0 Å². The first kappa shape index (κ1) is 33.4. The summed E-state index contributed by atoms with van der Waals surface area (Å²) in [4.78, 5) is 47.0. The Hall–Kier alpha value is -4.49. The van der Waals surface area contributed by atoms with Crippen LogP contribution in [0.1, 0.15) is 39.5 Å². The van der Waals surface area contributed by atoms with Crippen molar-refractivity contribution >= 4 is 38.6 Å². The molecule has 254 valence electrons. The Kier molecular flexibility index (Phi) is 8.94. The molecular weight excluding hydrogens is 636 g/mol. The first-order valence-corrected chi connectivity index (χ1v) is 17.6. The highest BCUT2D eigenvalue weighted by Crippen LogP contribution is 2.45. The van der Waals surface area contributed by atoms with Crippen LogP contribution in [0.4, 0.5) is 0 Å². The van der Waals surface area contributed by atoms with E-state index in [4.69, 9.17) is 14.5 Å². The average molecular weight is 677 g/mol. The third-order valence-electron chi connectivity index (χ3n) is 9.32. The largest absolute Gasteiger partial charge is 0.497 e. The number of amides is 3. The van der Waals surface area contributed by atoms with Gasteiger partial charge in [-0.15, -0.1) is 6.58 Å². The number of nitrogens with one attached hydrogen (secondary N) is 2. The van der Waals surface area contributed by atoms with Gasteiger partial charge in [-0.05, 0) is 37.3 Å². The molecule has 3 amide bonds. The molecule has 5 atom stereocenters. The second kappa shape index (κ2) is 12.8. The van der Waals surface area contributed by atoms with E-state index in [9.17, 15) is 27.9 Å². The summed E-state index contributed by atoms with van der Waals surface area (Å²) in [6.07, 6.45) is 0.620. The number of aromatic nitrogens is 1. The van der Waals surface area contributed by atoms with Gasteiger partial charge in [-0.25, -0.2) is 13.4 Å². The Labute approximate surface area is 279 Å². The monoisotopic (exact) mass is 676 g/mol. The average Bonchev–Trinajstić information content (AvgIpc) is 4.00. The highest BCUT2D eigenvalue weighted by atomic mass is 32.2. The van der Waals surface area contributed by atoms with Gasteiger partial charge in [0.05, 0.1) is 30.1 Å². The summed E-state index contributed by atoms with van der Waals surface area (Å²) in [5.41, 5.74) is 0.622. The Balaban J connectivity index is 1.29. The highest BCUT2D eigenvalue weighted by molar-refractivity contribution is 7.91. The number of fused-ring (bicyclic) bond motifs is 1. The molecular formula is C35H40N4O8S. The molecule has 1 saturated heterocycles. The van der Waals surface area contributed by atoms with E-state index in [0.29, 0.717) is 40.9 Å². The molecule has 6 rings (SSSR count). The van der Waals surface area contributed by atoms with Gasteiger partial charge in [0.1, 0.15) is 35.3 Å². The maximum Gasteiger partial charge on any atom is 0.259 e. The molecule has 12 nitrogen and oxygen atoms in total. The zero-order valence-electron chi connectivity index (χ0n) is 27.1. The fourth-order valence-corrected chi connectivity index (χ4v) is 7.55. The zero-order chi connectivity index (χ0) is 34.4. The van der Waals surface area contributed by atoms with Gasteiger partial charge in [0.2, 0.25) is 15.9 Å². The molecule has 2 saturated carbocycles. The van der Waals surface area contributed by atoms with Crippen molar-refractivity contribution in [3.05, 3.63) is 67.3 Å². The number of benzene rings is 2. The van der Waals surface area contributed by atoms with Crippen LogP contribution in [0.25, 0.3) is 22.2 Å². The van der Waals surface area contributed by atoms with Crippen molar-refractivity contribution in [2.45, 2.75) is 68.6 Å². The van der Waals surface area contributed by atoms with Crippen LogP contribution in [0, 0.1) is 11.8 Å². The number of aliphatic hydroxyl groups is 1. The smallest absolute Gasteiger partial charge is 0.259 e. The number of methoxy groups -OCH3 is 1. The van der Waals surface area contributed by atoms with E-state index < -0.39 is 68.6 Å². The number of likely N-dealkylation sites (tertiary alicyclic amines) is 1. The number of carbonyl (C=O) groups is 3. The number of aliphatic hydroxyl groups excluding tert-OH is 1. The number of hydrogen-bond acceptors (Lipinski definition) is 9. The normalized spacial score (nSPS) is 24.2. The quantitative estimate of drug-likeness (QED) is 0.245. The standard InChI is InChI=1S/C35H40N4O8S/c1-5-22-18-35(22,34(43)38-48(44,45)25-12-13-25)37-32(41)29-16-24(19-39(29)33(42)31(40)20(2)3)47-30-17-27(21-9-7-6-8-10-21)36-28-15-23(46-4)11-14-26(28)30/h5-11,14-15,17,20,22,24-25,29,31,40H,1,12-13,16,18-19H2,2-4H3,(H,37,41)(H,38,43)/t22-,24-,29+,31+,35-/m1/s1. The minimum absolute atomic E-state index is 0.0124. The maximum absolute atomic E-state index is 14.0. The molecule has 0 spiro atoms. The lowest BCUT2D eigenvalue weighted by Gasteiger charge is -2.28. The molecule has 2 heterocycles. The minimum atomic E-state index is -3.87. The van der Waals surface area contributed by atoms with Gasteiger partial charge in [-0.2, -0.15) is 0 Å². The fraction of sp³-hybridized carbons (Fsp3) is 0.429. The SMILES string of the molecule is C=C[C@@H]1C[C@]1(NC(=O)[C@@H]1C[C@@H](Oc2cc(-c3ccccc3)nc3cc(OC)ccc23)CN1C(=O)[C@@H](O)C(C)C)C(=O)NS(=O)(=O)C1CC1. The van der Waals surface area contributed by atoms with Gasteiger partial charge < -0.3 is 24.8 Å². The highest BCUT2D eigenvalue weighted by Gasteiger charge is 2.62. The van der Waals surface area contributed by atoms with Gasteiger partial charge in [-0.3, -0.25) is 19.1 Å². The summed E-state index contributed by atoms with van der Waals surface area (Å²) >= 11 is 0. The Morgan fingerprint density at radius 1 is 1.12 bits per heavy atom. The van der Waals surface area contributed by atoms with Crippen LogP contribution < -0.4 is 19.5 Å². The molecule has 48 heavy (non-hydrogen) atoms. The Morgan fingerprint density at radius 3 is 2.48 bits per heavy atom. The minimum Gasteiger partial charge on any atom is -0.497 e. The molecule has 3 fully saturated rings. The lowest BCUT2D eigenvalue weighted by atomic mass is 10.1. The van der Waals surface area contributed by atoms with Crippen LogP contribution in [-0.4, -0.2) is 83.8 Å². The summed E-state index contributed by atoms with van der Waals surface area (Å²) in [7, 11) is -2.30. The molecule has 13 heteroatoms. The molecule has 1 aromatic heterocycles. The number of sulfonamides is 1. The van der Waals surface area contributed by atoms with Crippen molar-refractivity contribution in [3.63, 3.8) is 0 Å². The number of ether oxygens (including phenoxy) is 2.